The van der Waals surface area contributed by atoms with Crippen LogP contribution in [0.5, 0.6) is 11.5 Å². The van der Waals surface area contributed by atoms with Crippen molar-refractivity contribution in [2.75, 3.05) is 18.2 Å². The Morgan fingerprint density at radius 3 is 2.73 bits per heavy atom. The molecule has 134 valence electrons. The van der Waals surface area contributed by atoms with Crippen LogP contribution in [-0.2, 0) is 16.1 Å². The predicted octanol–water partition coefficient (Wildman–Crippen LogP) is 3.55. The van der Waals surface area contributed by atoms with Crippen LogP contribution in [0.15, 0.2) is 36.4 Å². The summed E-state index contributed by atoms with van der Waals surface area (Å²) in [5.74, 6) is 0.718. The number of carbonyl (C=O) groups excluding carboxylic acids is 2. The molecule has 0 aliphatic carbocycles. The Bertz CT molecular complexity index is 865. The third-order valence-electron chi connectivity index (χ3n) is 4.35. The maximum atomic E-state index is 12.2. The molecule has 2 aromatic carbocycles. The van der Waals surface area contributed by atoms with Crippen molar-refractivity contribution in [2.24, 2.45) is 0 Å². The van der Waals surface area contributed by atoms with Crippen molar-refractivity contribution in [3.05, 3.63) is 52.5 Å². The molecule has 1 fully saturated rings. The minimum atomic E-state index is -0.446. The number of ether oxygens (including phenoxy) is 3. The number of esters is 1. The molecule has 1 amide bonds. The third-order valence-corrected chi connectivity index (χ3v) is 4.63. The number of anilines is 1. The molecule has 2 aromatic rings. The number of nitrogens with zero attached hydrogens (tertiary/aromatic N) is 1. The van der Waals surface area contributed by atoms with Crippen LogP contribution in [0.4, 0.5) is 5.69 Å². The normalized spacial score (nSPS) is 15.4. The highest BCUT2D eigenvalue weighted by atomic mass is 35.5. The quantitative estimate of drug-likeness (QED) is 0.767. The highest BCUT2D eigenvalue weighted by Crippen LogP contribution is 2.39. The zero-order chi connectivity index (χ0) is 18.1. The van der Waals surface area contributed by atoms with Gasteiger partial charge in [0.2, 0.25) is 12.7 Å². The van der Waals surface area contributed by atoms with Crippen LogP contribution in [0.1, 0.15) is 28.8 Å². The van der Waals surface area contributed by atoms with E-state index in [0.717, 1.165) is 12.1 Å². The van der Waals surface area contributed by atoms with Gasteiger partial charge in [-0.1, -0.05) is 11.6 Å². The maximum absolute atomic E-state index is 12.2. The molecular formula is C19H16ClNO5. The highest BCUT2D eigenvalue weighted by molar-refractivity contribution is 6.32. The molecule has 4 rings (SSSR count). The first kappa shape index (κ1) is 16.7. The molecule has 2 heterocycles. The number of benzene rings is 2. The molecule has 0 aromatic heterocycles. The number of hydrogen-bond donors (Lipinski definition) is 0. The van der Waals surface area contributed by atoms with Gasteiger partial charge in [0.15, 0.2) is 11.5 Å². The Morgan fingerprint density at radius 1 is 1.19 bits per heavy atom. The van der Waals surface area contributed by atoms with E-state index in [2.05, 4.69) is 0 Å². The highest BCUT2D eigenvalue weighted by Gasteiger charge is 2.22. The second-order valence-corrected chi connectivity index (χ2v) is 6.49. The second kappa shape index (κ2) is 6.88. The zero-order valence-electron chi connectivity index (χ0n) is 13.9. The summed E-state index contributed by atoms with van der Waals surface area (Å²) in [6.45, 7) is 0.916. The molecule has 0 atom stereocenters. The van der Waals surface area contributed by atoms with Crippen molar-refractivity contribution in [1.29, 1.82) is 0 Å². The van der Waals surface area contributed by atoms with Crippen molar-refractivity contribution < 1.29 is 23.8 Å². The van der Waals surface area contributed by atoms with E-state index in [-0.39, 0.29) is 19.3 Å². The third kappa shape index (κ3) is 3.20. The lowest BCUT2D eigenvalue weighted by atomic mass is 10.2. The van der Waals surface area contributed by atoms with Crippen LogP contribution >= 0.6 is 11.6 Å². The molecule has 0 radical (unpaired) electrons. The molecule has 1 saturated heterocycles. The number of hydrogen-bond acceptors (Lipinski definition) is 5. The van der Waals surface area contributed by atoms with Gasteiger partial charge in [-0.25, -0.2) is 4.79 Å². The standard InChI is InChI=1S/C19H16ClNO5/c20-15-8-12(9-16-18(15)26-11-25-16)10-24-19(23)13-3-5-14(6-4-13)21-7-1-2-17(21)22/h3-6,8-9H,1-2,7,10-11H2. The van der Waals surface area contributed by atoms with Gasteiger partial charge in [-0.05, 0) is 48.4 Å². The van der Waals surface area contributed by atoms with E-state index >= 15 is 0 Å². The lowest BCUT2D eigenvalue weighted by Gasteiger charge is -2.15. The van der Waals surface area contributed by atoms with Crippen molar-refractivity contribution in [1.82, 2.24) is 0 Å². The number of amides is 1. The molecule has 0 saturated carbocycles. The van der Waals surface area contributed by atoms with Crippen LogP contribution in [0.3, 0.4) is 0 Å². The van der Waals surface area contributed by atoms with Crippen LogP contribution in [-0.4, -0.2) is 25.2 Å². The van der Waals surface area contributed by atoms with Crippen LogP contribution in [0.2, 0.25) is 5.02 Å². The first-order valence-electron chi connectivity index (χ1n) is 8.27. The molecule has 0 bridgehead atoms. The number of carbonyl (C=O) groups is 2. The van der Waals surface area contributed by atoms with Crippen LogP contribution in [0, 0.1) is 0 Å². The van der Waals surface area contributed by atoms with E-state index in [0.29, 0.717) is 40.6 Å². The average Bonchev–Trinajstić information content (AvgIpc) is 3.29. The summed E-state index contributed by atoms with van der Waals surface area (Å²) in [6.07, 6.45) is 1.43. The fraction of sp³-hybridized carbons (Fsp3) is 0.263. The van der Waals surface area contributed by atoms with Gasteiger partial charge >= 0.3 is 5.97 Å². The average molecular weight is 374 g/mol. The van der Waals surface area contributed by atoms with E-state index < -0.39 is 5.97 Å². The maximum Gasteiger partial charge on any atom is 0.338 e. The molecular weight excluding hydrogens is 358 g/mol. The van der Waals surface area contributed by atoms with Crippen molar-refractivity contribution >= 4 is 29.2 Å². The first-order chi connectivity index (χ1) is 12.6. The van der Waals surface area contributed by atoms with E-state index in [4.69, 9.17) is 25.8 Å². The predicted molar refractivity (Wildman–Crippen MR) is 94.7 cm³/mol. The summed E-state index contributed by atoms with van der Waals surface area (Å²) in [5, 5.41) is 0.422. The lowest BCUT2D eigenvalue weighted by Crippen LogP contribution is -2.23. The molecule has 0 unspecified atom stereocenters. The van der Waals surface area contributed by atoms with E-state index in [1.807, 2.05) is 0 Å². The van der Waals surface area contributed by atoms with Crippen molar-refractivity contribution in [3.63, 3.8) is 0 Å². The van der Waals surface area contributed by atoms with Gasteiger partial charge < -0.3 is 19.1 Å². The van der Waals surface area contributed by atoms with Gasteiger partial charge in [-0.3, -0.25) is 4.79 Å². The summed E-state index contributed by atoms with van der Waals surface area (Å²) in [5.41, 5.74) is 1.94. The van der Waals surface area contributed by atoms with Gasteiger partial charge in [0.25, 0.3) is 0 Å². The Hall–Kier alpha value is -2.73. The summed E-state index contributed by atoms with van der Waals surface area (Å²) >= 11 is 6.12. The van der Waals surface area contributed by atoms with Crippen molar-refractivity contribution in [3.8, 4) is 11.5 Å². The molecule has 26 heavy (non-hydrogen) atoms. The minimum absolute atomic E-state index is 0.0710. The van der Waals surface area contributed by atoms with Gasteiger partial charge in [-0.2, -0.15) is 0 Å². The van der Waals surface area contributed by atoms with E-state index in [1.165, 1.54) is 0 Å². The Balaban J connectivity index is 1.41. The zero-order valence-corrected chi connectivity index (χ0v) is 14.6. The molecule has 0 spiro atoms. The molecule has 2 aliphatic rings. The molecule has 6 nitrogen and oxygen atoms in total. The van der Waals surface area contributed by atoms with Crippen LogP contribution < -0.4 is 14.4 Å². The summed E-state index contributed by atoms with van der Waals surface area (Å²) in [7, 11) is 0. The SMILES string of the molecule is O=C(OCc1cc(Cl)c2c(c1)OCO2)c1ccc(N2CCCC2=O)cc1. The number of halogens is 1. The number of fused-ring (bicyclic) bond motifs is 1. The van der Waals surface area contributed by atoms with Crippen LogP contribution in [0.25, 0.3) is 0 Å². The van der Waals surface area contributed by atoms with Crippen molar-refractivity contribution in [2.45, 2.75) is 19.4 Å². The molecule has 7 heteroatoms. The summed E-state index contributed by atoms with van der Waals surface area (Å²) in [6, 6.07) is 10.3. The fourth-order valence-corrected chi connectivity index (χ4v) is 3.32. The molecule has 2 aliphatic heterocycles. The Morgan fingerprint density at radius 2 is 2.00 bits per heavy atom. The summed E-state index contributed by atoms with van der Waals surface area (Å²) < 4.78 is 15.9. The smallest absolute Gasteiger partial charge is 0.338 e. The Kier molecular flexibility index (Phi) is 4.42. The van der Waals surface area contributed by atoms with Gasteiger partial charge in [0.1, 0.15) is 6.61 Å². The van der Waals surface area contributed by atoms with Gasteiger partial charge in [0.05, 0.1) is 10.6 Å². The first-order valence-corrected chi connectivity index (χ1v) is 8.65. The summed E-state index contributed by atoms with van der Waals surface area (Å²) in [4.78, 5) is 25.7. The monoisotopic (exact) mass is 373 g/mol. The van der Waals surface area contributed by atoms with E-state index in [9.17, 15) is 9.59 Å². The topological polar surface area (TPSA) is 65.1 Å². The van der Waals surface area contributed by atoms with Gasteiger partial charge in [0, 0.05) is 18.7 Å². The molecule has 0 N–H and O–H groups in total. The number of rotatable bonds is 4. The Labute approximate surface area is 155 Å². The largest absolute Gasteiger partial charge is 0.457 e. The second-order valence-electron chi connectivity index (χ2n) is 6.08. The fourth-order valence-electron chi connectivity index (χ4n) is 3.03. The minimum Gasteiger partial charge on any atom is -0.457 e. The lowest BCUT2D eigenvalue weighted by molar-refractivity contribution is -0.117. The van der Waals surface area contributed by atoms with E-state index in [1.54, 1.807) is 41.3 Å². The van der Waals surface area contributed by atoms with Gasteiger partial charge in [-0.15, -0.1) is 0 Å².